The quantitative estimate of drug-likeness (QED) is 0.540. The van der Waals surface area contributed by atoms with Crippen molar-refractivity contribution in [1.82, 2.24) is 0 Å². The first-order valence-corrected chi connectivity index (χ1v) is 6.04. The van der Waals surface area contributed by atoms with Gasteiger partial charge in [-0.3, -0.25) is 0 Å². The molecule has 19 heavy (non-hydrogen) atoms. The normalized spacial score (nSPS) is 34.2. The number of aliphatic hydroxyl groups excluding tert-OH is 3. The molecule has 1 aliphatic rings. The highest BCUT2D eigenvalue weighted by atomic mass is 32.1. The molecule has 4 atom stereocenters. The van der Waals surface area contributed by atoms with Crippen molar-refractivity contribution in [3.05, 3.63) is 30.3 Å². The van der Waals surface area contributed by atoms with Crippen molar-refractivity contribution in [2.45, 2.75) is 24.1 Å². The molecule has 0 aromatic heterocycles. The number of ether oxygens (including phenoxy) is 2. The van der Waals surface area contributed by atoms with E-state index in [1.54, 1.807) is 30.3 Å². The van der Waals surface area contributed by atoms with E-state index in [1.165, 1.54) is 0 Å². The maximum absolute atomic E-state index is 10.2. The molecule has 1 fully saturated rings. The lowest BCUT2D eigenvalue weighted by Crippen LogP contribution is -2.51. The molecule has 1 heterocycles. The monoisotopic (exact) mass is 286 g/mol. The minimum Gasteiger partial charge on any atom is -0.444 e. The Bertz CT molecular complexity index is 453. The van der Waals surface area contributed by atoms with Gasteiger partial charge in [-0.15, -0.1) is 0 Å². The first kappa shape index (κ1) is 14.3. The summed E-state index contributed by atoms with van der Waals surface area (Å²) in [4.78, 5) is 0. The third-order valence-electron chi connectivity index (χ3n) is 2.86. The second kappa shape index (κ2) is 5.49. The summed E-state index contributed by atoms with van der Waals surface area (Å²) >= 11 is 4.89. The van der Waals surface area contributed by atoms with Gasteiger partial charge in [0.15, 0.2) is 0 Å². The topological polar surface area (TPSA) is 99.4 Å². The van der Waals surface area contributed by atoms with Crippen LogP contribution in [0.1, 0.15) is 0 Å². The number of hydrogen-bond acceptors (Lipinski definition) is 7. The van der Waals surface area contributed by atoms with E-state index < -0.39 is 35.8 Å². The van der Waals surface area contributed by atoms with Crippen molar-refractivity contribution in [3.63, 3.8) is 0 Å². The van der Waals surface area contributed by atoms with Crippen LogP contribution in [0, 0.1) is 0 Å². The van der Waals surface area contributed by atoms with Crippen molar-refractivity contribution >= 4 is 17.3 Å². The first-order chi connectivity index (χ1) is 8.99. The zero-order valence-electron chi connectivity index (χ0n) is 9.84. The molecule has 0 radical (unpaired) electrons. The number of hydrogen-bond donors (Lipinski definition) is 4. The fourth-order valence-electron chi connectivity index (χ4n) is 1.79. The third-order valence-corrected chi connectivity index (χ3v) is 3.24. The Morgan fingerprint density at radius 1 is 1.32 bits per heavy atom. The Hall–Kier alpha value is -1.09. The Labute approximate surface area is 114 Å². The van der Waals surface area contributed by atoms with Gasteiger partial charge in [-0.25, -0.2) is 0 Å². The van der Waals surface area contributed by atoms with E-state index in [0.717, 1.165) is 0 Å². The smallest absolute Gasteiger partial charge is 0.267 e. The van der Waals surface area contributed by atoms with Crippen LogP contribution < -0.4 is 4.74 Å². The van der Waals surface area contributed by atoms with E-state index in [9.17, 15) is 15.3 Å². The third kappa shape index (κ3) is 2.62. The van der Waals surface area contributed by atoms with Gasteiger partial charge in [0.1, 0.15) is 24.1 Å². The zero-order valence-corrected chi connectivity index (χ0v) is 10.7. The molecule has 104 valence electrons. The van der Waals surface area contributed by atoms with Gasteiger partial charge in [0, 0.05) is 0 Å². The van der Waals surface area contributed by atoms with Gasteiger partial charge in [-0.05, 0) is 24.4 Å². The maximum atomic E-state index is 10.2. The zero-order chi connectivity index (χ0) is 14.0. The molecule has 0 spiro atoms. The summed E-state index contributed by atoms with van der Waals surface area (Å²) < 4.78 is 10.2. The van der Waals surface area contributed by atoms with E-state index >= 15 is 0 Å². The van der Waals surface area contributed by atoms with Crippen LogP contribution in [0.25, 0.3) is 0 Å². The van der Waals surface area contributed by atoms with Gasteiger partial charge in [-0.1, -0.05) is 18.2 Å². The van der Waals surface area contributed by atoms with Crippen LogP contribution in [0.4, 0.5) is 0 Å². The maximum Gasteiger partial charge on any atom is 0.267 e. The van der Waals surface area contributed by atoms with Crippen LogP contribution in [0.15, 0.2) is 30.3 Å². The summed E-state index contributed by atoms with van der Waals surface area (Å²) in [7, 11) is 0. The second-order valence-electron chi connectivity index (χ2n) is 4.17. The molecule has 7 heteroatoms. The predicted molar refractivity (Wildman–Crippen MR) is 68.6 cm³/mol. The number of para-hydroxylation sites is 1. The molecular formula is C12H14O6S. The van der Waals surface area contributed by atoms with Gasteiger partial charge >= 0.3 is 0 Å². The molecule has 6 nitrogen and oxygen atoms in total. The molecule has 4 N–H and O–H groups in total. The SMILES string of the molecule is OC[C@@H]1O[C@@](O)(C(=S)Oc2ccccc2)[C@H](O)[C@H]1O. The molecule has 1 aliphatic heterocycles. The van der Waals surface area contributed by atoms with E-state index in [2.05, 4.69) is 0 Å². The standard InChI is InChI=1S/C12H14O6S/c13-6-8-9(14)10(15)12(16,18-8)11(19)17-7-4-2-1-3-5-7/h1-5,8-10,13-16H,6H2/t8-,9-,10+,12+/m0/s1. The lowest BCUT2D eigenvalue weighted by Gasteiger charge is -2.26. The van der Waals surface area contributed by atoms with Gasteiger partial charge in [0.25, 0.3) is 5.79 Å². The molecule has 0 amide bonds. The molecular weight excluding hydrogens is 272 g/mol. The van der Waals surface area contributed by atoms with Gasteiger partial charge in [-0.2, -0.15) is 0 Å². The van der Waals surface area contributed by atoms with Gasteiger partial charge in [0.2, 0.25) is 5.05 Å². The summed E-state index contributed by atoms with van der Waals surface area (Å²) in [6.45, 7) is -0.561. The largest absolute Gasteiger partial charge is 0.444 e. The number of rotatable bonds is 3. The Morgan fingerprint density at radius 2 is 1.95 bits per heavy atom. The van der Waals surface area contributed by atoms with Crippen molar-refractivity contribution in [2.75, 3.05) is 6.61 Å². The minimum absolute atomic E-state index is 0.360. The summed E-state index contributed by atoms with van der Waals surface area (Å²) in [6, 6.07) is 8.41. The fourth-order valence-corrected chi connectivity index (χ4v) is 2.05. The van der Waals surface area contributed by atoms with Crippen molar-refractivity contribution < 1.29 is 29.9 Å². The molecule has 1 aromatic carbocycles. The van der Waals surface area contributed by atoms with Crippen molar-refractivity contribution in [3.8, 4) is 5.75 Å². The Balaban J connectivity index is 2.14. The summed E-state index contributed by atoms with van der Waals surface area (Å²) in [5.41, 5.74) is 0. The highest BCUT2D eigenvalue weighted by Gasteiger charge is 2.57. The number of aliphatic hydroxyl groups is 4. The molecule has 0 bridgehead atoms. The van der Waals surface area contributed by atoms with E-state index in [0.29, 0.717) is 5.75 Å². The average molecular weight is 286 g/mol. The molecule has 0 unspecified atom stereocenters. The molecule has 1 saturated heterocycles. The molecule has 0 saturated carbocycles. The van der Waals surface area contributed by atoms with Crippen LogP contribution in [0.5, 0.6) is 5.75 Å². The summed E-state index contributed by atoms with van der Waals surface area (Å²) in [5, 5.41) is 38.1. The average Bonchev–Trinajstić information content (AvgIpc) is 2.65. The predicted octanol–water partition coefficient (Wildman–Crippen LogP) is -0.806. The summed E-state index contributed by atoms with van der Waals surface area (Å²) in [5.74, 6) is -1.98. The van der Waals surface area contributed by atoms with Crippen LogP contribution in [0.2, 0.25) is 0 Å². The number of benzene rings is 1. The van der Waals surface area contributed by atoms with Crippen molar-refractivity contribution in [2.24, 2.45) is 0 Å². The Kier molecular flexibility index (Phi) is 4.14. The summed E-state index contributed by atoms with van der Waals surface area (Å²) in [6.07, 6.45) is -4.27. The van der Waals surface area contributed by atoms with Crippen molar-refractivity contribution in [1.29, 1.82) is 0 Å². The lowest BCUT2D eigenvalue weighted by molar-refractivity contribution is -0.185. The van der Waals surface area contributed by atoms with Gasteiger partial charge in [0.05, 0.1) is 6.61 Å². The highest BCUT2D eigenvalue weighted by molar-refractivity contribution is 7.80. The number of thiocarbonyl (C=S) groups is 1. The Morgan fingerprint density at radius 3 is 2.47 bits per heavy atom. The van der Waals surface area contributed by atoms with Crippen LogP contribution in [-0.4, -0.2) is 56.2 Å². The van der Waals surface area contributed by atoms with Crippen LogP contribution in [-0.2, 0) is 4.74 Å². The van der Waals surface area contributed by atoms with E-state index in [1.807, 2.05) is 0 Å². The lowest BCUT2D eigenvalue weighted by atomic mass is 10.1. The van der Waals surface area contributed by atoms with Gasteiger partial charge < -0.3 is 29.9 Å². The van der Waals surface area contributed by atoms with Crippen LogP contribution in [0.3, 0.4) is 0 Å². The highest BCUT2D eigenvalue weighted by Crippen LogP contribution is 2.31. The molecule has 1 aromatic rings. The molecule has 2 rings (SSSR count). The van der Waals surface area contributed by atoms with Crippen LogP contribution >= 0.6 is 12.2 Å². The fraction of sp³-hybridized carbons (Fsp3) is 0.417. The van der Waals surface area contributed by atoms with E-state index in [4.69, 9.17) is 26.8 Å². The molecule has 0 aliphatic carbocycles. The first-order valence-electron chi connectivity index (χ1n) is 5.63. The van der Waals surface area contributed by atoms with E-state index in [-0.39, 0.29) is 0 Å². The minimum atomic E-state index is -2.34. The second-order valence-corrected chi connectivity index (χ2v) is 4.54.